The molecule has 0 aromatic rings. The van der Waals surface area contributed by atoms with Gasteiger partial charge in [-0.2, -0.15) is 0 Å². The molecule has 66 valence electrons. The molecule has 0 spiro atoms. The SMILES string of the molecule is C[C@]12CCC(=O)C[C@@H]1CCC2=O. The zero-order valence-corrected chi connectivity index (χ0v) is 7.43. The van der Waals surface area contributed by atoms with E-state index in [0.717, 1.165) is 12.8 Å². The van der Waals surface area contributed by atoms with Crippen LogP contribution in [-0.4, -0.2) is 11.6 Å². The molecule has 2 aliphatic rings. The summed E-state index contributed by atoms with van der Waals surface area (Å²) >= 11 is 0. The van der Waals surface area contributed by atoms with Gasteiger partial charge >= 0.3 is 0 Å². The number of ketones is 2. The van der Waals surface area contributed by atoms with Crippen molar-refractivity contribution < 1.29 is 9.59 Å². The van der Waals surface area contributed by atoms with Gasteiger partial charge in [0.15, 0.2) is 0 Å². The number of hydrogen-bond acceptors (Lipinski definition) is 2. The number of fused-ring (bicyclic) bond motifs is 1. The molecule has 0 saturated heterocycles. The van der Waals surface area contributed by atoms with Gasteiger partial charge in [0.2, 0.25) is 0 Å². The first-order valence-electron chi connectivity index (χ1n) is 4.68. The van der Waals surface area contributed by atoms with Crippen LogP contribution in [0.5, 0.6) is 0 Å². The minimum atomic E-state index is -0.131. The van der Waals surface area contributed by atoms with Crippen molar-refractivity contribution in [2.45, 2.75) is 39.0 Å². The second-order valence-corrected chi connectivity index (χ2v) is 4.32. The Balaban J connectivity index is 2.24. The third kappa shape index (κ3) is 0.936. The van der Waals surface area contributed by atoms with Crippen LogP contribution in [0.2, 0.25) is 0 Å². The van der Waals surface area contributed by atoms with Gasteiger partial charge in [-0.15, -0.1) is 0 Å². The summed E-state index contributed by atoms with van der Waals surface area (Å²) in [4.78, 5) is 22.7. The fourth-order valence-corrected chi connectivity index (χ4v) is 2.58. The van der Waals surface area contributed by atoms with Crippen molar-refractivity contribution in [3.8, 4) is 0 Å². The lowest BCUT2D eigenvalue weighted by atomic mass is 9.69. The van der Waals surface area contributed by atoms with Crippen LogP contribution in [0.3, 0.4) is 0 Å². The summed E-state index contributed by atoms with van der Waals surface area (Å²) in [5.41, 5.74) is -0.131. The molecule has 0 N–H and O–H groups in total. The van der Waals surface area contributed by atoms with Crippen LogP contribution < -0.4 is 0 Å². The largest absolute Gasteiger partial charge is 0.300 e. The van der Waals surface area contributed by atoms with E-state index in [9.17, 15) is 9.59 Å². The first kappa shape index (κ1) is 7.96. The molecule has 12 heavy (non-hydrogen) atoms. The van der Waals surface area contributed by atoms with Crippen LogP contribution >= 0.6 is 0 Å². The summed E-state index contributed by atoms with van der Waals surface area (Å²) in [7, 11) is 0. The highest BCUT2D eigenvalue weighted by Gasteiger charge is 2.48. The van der Waals surface area contributed by atoms with E-state index >= 15 is 0 Å². The predicted molar refractivity (Wildman–Crippen MR) is 44.7 cm³/mol. The maximum atomic E-state index is 11.5. The van der Waals surface area contributed by atoms with Crippen LogP contribution in [-0.2, 0) is 9.59 Å². The minimum absolute atomic E-state index is 0.131. The van der Waals surface area contributed by atoms with Crippen LogP contribution in [0.15, 0.2) is 0 Å². The highest BCUT2D eigenvalue weighted by Crippen LogP contribution is 2.48. The van der Waals surface area contributed by atoms with Crippen LogP contribution in [0, 0.1) is 11.3 Å². The molecule has 0 radical (unpaired) electrons. The first-order valence-corrected chi connectivity index (χ1v) is 4.68. The van der Waals surface area contributed by atoms with Crippen molar-refractivity contribution in [3.05, 3.63) is 0 Å². The molecule has 2 fully saturated rings. The highest BCUT2D eigenvalue weighted by atomic mass is 16.1. The first-order chi connectivity index (χ1) is 5.63. The highest BCUT2D eigenvalue weighted by molar-refractivity contribution is 5.91. The van der Waals surface area contributed by atoms with Gasteiger partial charge in [-0.1, -0.05) is 6.92 Å². The Morgan fingerprint density at radius 3 is 2.83 bits per heavy atom. The van der Waals surface area contributed by atoms with Gasteiger partial charge in [0.25, 0.3) is 0 Å². The van der Waals surface area contributed by atoms with E-state index in [1.54, 1.807) is 0 Å². The Morgan fingerprint density at radius 1 is 1.33 bits per heavy atom. The lowest BCUT2D eigenvalue weighted by Gasteiger charge is -2.33. The number of hydrogen-bond donors (Lipinski definition) is 0. The second-order valence-electron chi connectivity index (χ2n) is 4.32. The third-order valence-electron chi connectivity index (χ3n) is 3.66. The smallest absolute Gasteiger partial charge is 0.139 e. The third-order valence-corrected chi connectivity index (χ3v) is 3.66. The number of rotatable bonds is 0. The Kier molecular flexibility index (Phi) is 1.60. The van der Waals surface area contributed by atoms with E-state index in [2.05, 4.69) is 0 Å². The molecule has 0 bridgehead atoms. The summed E-state index contributed by atoms with van der Waals surface area (Å²) in [6, 6.07) is 0. The van der Waals surface area contributed by atoms with Gasteiger partial charge in [0.1, 0.15) is 11.6 Å². The standard InChI is InChI=1S/C10H14O2/c1-10-5-4-8(11)6-7(10)2-3-9(10)12/h7H,2-6H2,1H3/t7-,10-/m0/s1. The molecule has 2 nitrogen and oxygen atoms in total. The van der Waals surface area contributed by atoms with Crippen molar-refractivity contribution in [1.29, 1.82) is 0 Å². The monoisotopic (exact) mass is 166 g/mol. The number of carbonyl (C=O) groups is 2. The normalized spacial score (nSPS) is 41.6. The van der Waals surface area contributed by atoms with E-state index in [1.807, 2.05) is 6.92 Å². The van der Waals surface area contributed by atoms with E-state index in [0.29, 0.717) is 36.7 Å². The van der Waals surface area contributed by atoms with Crippen molar-refractivity contribution in [2.24, 2.45) is 11.3 Å². The Labute approximate surface area is 72.3 Å². The molecule has 2 atom stereocenters. The molecule has 2 heteroatoms. The average molecular weight is 166 g/mol. The topological polar surface area (TPSA) is 34.1 Å². The molecule has 0 unspecified atom stereocenters. The molecule has 0 heterocycles. The second kappa shape index (κ2) is 2.41. The molecule has 2 aliphatic carbocycles. The van der Waals surface area contributed by atoms with Gasteiger partial charge in [0, 0.05) is 24.7 Å². The minimum Gasteiger partial charge on any atom is -0.300 e. The molecule has 0 aliphatic heterocycles. The summed E-state index contributed by atoms with van der Waals surface area (Å²) in [5.74, 6) is 1.11. The Bertz CT molecular complexity index is 244. The van der Waals surface area contributed by atoms with Crippen LogP contribution in [0.25, 0.3) is 0 Å². The molecule has 2 saturated carbocycles. The van der Waals surface area contributed by atoms with Crippen LogP contribution in [0.4, 0.5) is 0 Å². The van der Waals surface area contributed by atoms with E-state index in [4.69, 9.17) is 0 Å². The van der Waals surface area contributed by atoms with E-state index in [1.165, 1.54) is 0 Å². The molecule has 2 rings (SSSR count). The average Bonchev–Trinajstić information content (AvgIpc) is 2.31. The van der Waals surface area contributed by atoms with Crippen molar-refractivity contribution in [2.75, 3.05) is 0 Å². The molecule has 0 amide bonds. The fourth-order valence-electron chi connectivity index (χ4n) is 2.58. The molecule has 0 aromatic carbocycles. The van der Waals surface area contributed by atoms with Crippen molar-refractivity contribution in [3.63, 3.8) is 0 Å². The maximum absolute atomic E-state index is 11.5. The molecule has 0 aromatic heterocycles. The zero-order chi connectivity index (χ0) is 8.77. The fraction of sp³-hybridized carbons (Fsp3) is 0.800. The van der Waals surface area contributed by atoms with Crippen LogP contribution in [0.1, 0.15) is 39.0 Å². The number of carbonyl (C=O) groups excluding carboxylic acids is 2. The zero-order valence-electron chi connectivity index (χ0n) is 7.43. The molecular weight excluding hydrogens is 152 g/mol. The lowest BCUT2D eigenvalue weighted by Crippen LogP contribution is -2.35. The summed E-state index contributed by atoms with van der Waals surface area (Å²) in [5, 5.41) is 0. The van der Waals surface area contributed by atoms with Gasteiger partial charge in [0.05, 0.1) is 0 Å². The Hall–Kier alpha value is -0.660. The van der Waals surface area contributed by atoms with Gasteiger partial charge in [-0.25, -0.2) is 0 Å². The summed E-state index contributed by atoms with van der Waals surface area (Å²) < 4.78 is 0. The molecular formula is C10H14O2. The quantitative estimate of drug-likeness (QED) is 0.549. The lowest BCUT2D eigenvalue weighted by molar-refractivity contribution is -0.131. The van der Waals surface area contributed by atoms with Gasteiger partial charge in [-0.3, -0.25) is 9.59 Å². The van der Waals surface area contributed by atoms with E-state index in [-0.39, 0.29) is 5.41 Å². The van der Waals surface area contributed by atoms with Crippen molar-refractivity contribution in [1.82, 2.24) is 0 Å². The predicted octanol–water partition coefficient (Wildman–Crippen LogP) is 1.72. The van der Waals surface area contributed by atoms with E-state index < -0.39 is 0 Å². The van der Waals surface area contributed by atoms with Gasteiger partial charge < -0.3 is 0 Å². The number of Topliss-reactive ketones (excluding diaryl/α,β-unsaturated/α-hetero) is 2. The maximum Gasteiger partial charge on any atom is 0.139 e. The van der Waals surface area contributed by atoms with Crippen molar-refractivity contribution >= 4 is 11.6 Å². The van der Waals surface area contributed by atoms with Gasteiger partial charge in [-0.05, 0) is 18.8 Å². The Morgan fingerprint density at radius 2 is 2.08 bits per heavy atom. The summed E-state index contributed by atoms with van der Waals surface area (Å²) in [6.45, 7) is 2.04. The summed E-state index contributed by atoms with van der Waals surface area (Å²) in [6.07, 6.45) is 3.73.